The maximum atomic E-state index is 12.6. The van der Waals surface area contributed by atoms with Crippen LogP contribution in [0.4, 0.5) is 5.69 Å². The van der Waals surface area contributed by atoms with Crippen molar-refractivity contribution in [3.63, 3.8) is 0 Å². The maximum Gasteiger partial charge on any atom is 0.282 e. The number of rotatable bonds is 7. The van der Waals surface area contributed by atoms with Gasteiger partial charge in [-0.05, 0) is 37.3 Å². The first-order valence-electron chi connectivity index (χ1n) is 8.14. The lowest BCUT2D eigenvalue weighted by Crippen LogP contribution is -3.12. The van der Waals surface area contributed by atoms with E-state index < -0.39 is 0 Å². The largest absolute Gasteiger partial charge is 0.497 e. The molecule has 0 aliphatic heterocycles. The number of hydrogen-bond acceptors (Lipinski definition) is 3. The molecule has 0 aromatic heterocycles. The van der Waals surface area contributed by atoms with Crippen LogP contribution in [0.25, 0.3) is 0 Å². The fourth-order valence-electron chi connectivity index (χ4n) is 2.51. The SMILES string of the molecule is COc1ccc(C[NH+](C)[C@H](C)C(=O)Nc2ccc(Cl)cc2Cl)c(OC)c1. The van der Waals surface area contributed by atoms with E-state index in [1.54, 1.807) is 32.4 Å². The highest BCUT2D eigenvalue weighted by molar-refractivity contribution is 6.36. The summed E-state index contributed by atoms with van der Waals surface area (Å²) in [6.45, 7) is 2.49. The topological polar surface area (TPSA) is 52.0 Å². The lowest BCUT2D eigenvalue weighted by molar-refractivity contribution is -0.907. The highest BCUT2D eigenvalue weighted by Crippen LogP contribution is 2.26. The van der Waals surface area contributed by atoms with Gasteiger partial charge in [0.1, 0.15) is 18.0 Å². The van der Waals surface area contributed by atoms with Crippen LogP contribution < -0.4 is 19.7 Å². The Morgan fingerprint density at radius 2 is 1.88 bits per heavy atom. The third-order valence-electron chi connectivity index (χ3n) is 4.29. The molecular formula is C19H23Cl2N2O3+. The molecule has 5 nitrogen and oxygen atoms in total. The zero-order chi connectivity index (χ0) is 19.3. The van der Waals surface area contributed by atoms with Gasteiger partial charge in [-0.1, -0.05) is 23.2 Å². The highest BCUT2D eigenvalue weighted by Gasteiger charge is 2.24. The third kappa shape index (κ3) is 5.04. The number of quaternary nitrogens is 1. The van der Waals surface area contributed by atoms with Gasteiger partial charge in [0, 0.05) is 16.7 Å². The van der Waals surface area contributed by atoms with Crippen molar-refractivity contribution in [1.82, 2.24) is 0 Å². The van der Waals surface area contributed by atoms with Crippen molar-refractivity contribution in [2.75, 3.05) is 26.6 Å². The van der Waals surface area contributed by atoms with Crippen molar-refractivity contribution >= 4 is 34.8 Å². The first kappa shape index (κ1) is 20.4. The second-order valence-corrected chi connectivity index (χ2v) is 6.88. The molecule has 0 radical (unpaired) electrons. The molecule has 2 aromatic carbocycles. The minimum atomic E-state index is -0.298. The van der Waals surface area contributed by atoms with Gasteiger partial charge in [-0.3, -0.25) is 4.79 Å². The molecule has 0 bridgehead atoms. The van der Waals surface area contributed by atoms with Gasteiger partial charge in [0.2, 0.25) is 0 Å². The van der Waals surface area contributed by atoms with E-state index in [-0.39, 0.29) is 11.9 Å². The van der Waals surface area contributed by atoms with E-state index in [1.807, 2.05) is 32.2 Å². The van der Waals surface area contributed by atoms with E-state index >= 15 is 0 Å². The molecule has 0 fully saturated rings. The molecule has 140 valence electrons. The lowest BCUT2D eigenvalue weighted by atomic mass is 10.1. The van der Waals surface area contributed by atoms with Crippen molar-refractivity contribution in [3.8, 4) is 11.5 Å². The number of carbonyl (C=O) groups excluding carboxylic acids is 1. The molecule has 0 heterocycles. The molecule has 2 atom stereocenters. The second kappa shape index (κ2) is 9.12. The number of likely N-dealkylation sites (N-methyl/N-ethyl adjacent to an activating group) is 1. The number of benzene rings is 2. The summed E-state index contributed by atoms with van der Waals surface area (Å²) in [5.74, 6) is 1.34. The van der Waals surface area contributed by atoms with Gasteiger partial charge in [0.05, 0.1) is 32.0 Å². The van der Waals surface area contributed by atoms with E-state index in [4.69, 9.17) is 32.7 Å². The van der Waals surface area contributed by atoms with Gasteiger partial charge in [0.25, 0.3) is 5.91 Å². The second-order valence-electron chi connectivity index (χ2n) is 6.04. The van der Waals surface area contributed by atoms with Crippen LogP contribution in [0.3, 0.4) is 0 Å². The molecule has 1 unspecified atom stereocenters. The number of ether oxygens (including phenoxy) is 2. The molecule has 0 spiro atoms. The predicted molar refractivity (Wildman–Crippen MR) is 105 cm³/mol. The third-order valence-corrected chi connectivity index (χ3v) is 4.83. The molecule has 26 heavy (non-hydrogen) atoms. The number of methoxy groups -OCH3 is 2. The minimum Gasteiger partial charge on any atom is -0.497 e. The van der Waals surface area contributed by atoms with Crippen molar-refractivity contribution < 1.29 is 19.2 Å². The predicted octanol–water partition coefficient (Wildman–Crippen LogP) is 3.05. The first-order chi connectivity index (χ1) is 12.3. The van der Waals surface area contributed by atoms with E-state index in [1.165, 1.54) is 0 Å². The fraction of sp³-hybridized carbons (Fsp3) is 0.316. The quantitative estimate of drug-likeness (QED) is 0.754. The average Bonchev–Trinajstić information content (AvgIpc) is 2.63. The number of carbonyl (C=O) groups is 1. The van der Waals surface area contributed by atoms with E-state index in [0.717, 1.165) is 22.0 Å². The summed E-state index contributed by atoms with van der Waals surface area (Å²) in [5, 5.41) is 3.78. The summed E-state index contributed by atoms with van der Waals surface area (Å²) in [6.07, 6.45) is 0. The van der Waals surface area contributed by atoms with Crippen LogP contribution in [0.2, 0.25) is 10.0 Å². The van der Waals surface area contributed by atoms with E-state index in [0.29, 0.717) is 22.3 Å². The minimum absolute atomic E-state index is 0.126. The zero-order valence-corrected chi connectivity index (χ0v) is 16.7. The number of halogens is 2. The van der Waals surface area contributed by atoms with Crippen LogP contribution in [-0.4, -0.2) is 33.2 Å². The highest BCUT2D eigenvalue weighted by atomic mass is 35.5. The number of anilines is 1. The molecule has 2 rings (SSSR count). The Bertz CT molecular complexity index is 783. The van der Waals surface area contributed by atoms with Crippen molar-refractivity contribution in [2.24, 2.45) is 0 Å². The first-order valence-corrected chi connectivity index (χ1v) is 8.90. The molecule has 2 aromatic rings. The average molecular weight is 398 g/mol. The Balaban J connectivity index is 2.06. The van der Waals surface area contributed by atoms with Crippen LogP contribution >= 0.6 is 23.2 Å². The molecule has 2 N–H and O–H groups in total. The summed E-state index contributed by atoms with van der Waals surface area (Å²) >= 11 is 12.0. The van der Waals surface area contributed by atoms with Gasteiger partial charge >= 0.3 is 0 Å². The lowest BCUT2D eigenvalue weighted by Gasteiger charge is -2.22. The van der Waals surface area contributed by atoms with Gasteiger partial charge in [-0.25, -0.2) is 0 Å². The van der Waals surface area contributed by atoms with Crippen LogP contribution in [0.5, 0.6) is 11.5 Å². The fourth-order valence-corrected chi connectivity index (χ4v) is 2.96. The summed E-state index contributed by atoms with van der Waals surface area (Å²) in [6, 6.07) is 10.3. The monoisotopic (exact) mass is 397 g/mol. The van der Waals surface area contributed by atoms with Gasteiger partial charge in [-0.2, -0.15) is 0 Å². The molecule has 0 aliphatic carbocycles. The molecule has 7 heteroatoms. The zero-order valence-electron chi connectivity index (χ0n) is 15.2. The number of hydrogen-bond donors (Lipinski definition) is 2. The number of nitrogens with one attached hydrogen (secondary N) is 2. The maximum absolute atomic E-state index is 12.6. The van der Waals surface area contributed by atoms with Gasteiger partial charge in [0.15, 0.2) is 6.04 Å². The van der Waals surface area contributed by atoms with Crippen LogP contribution in [0.1, 0.15) is 12.5 Å². The Kier molecular flexibility index (Phi) is 7.14. The van der Waals surface area contributed by atoms with Crippen molar-refractivity contribution in [1.29, 1.82) is 0 Å². The van der Waals surface area contributed by atoms with Crippen LogP contribution in [-0.2, 0) is 11.3 Å². The summed E-state index contributed by atoms with van der Waals surface area (Å²) in [7, 11) is 5.18. The molecule has 0 saturated heterocycles. The summed E-state index contributed by atoms with van der Waals surface area (Å²) in [4.78, 5) is 13.6. The van der Waals surface area contributed by atoms with E-state index in [2.05, 4.69) is 5.32 Å². The number of amides is 1. The normalized spacial score (nSPS) is 13.0. The van der Waals surface area contributed by atoms with Crippen LogP contribution in [0, 0.1) is 0 Å². The van der Waals surface area contributed by atoms with E-state index in [9.17, 15) is 4.79 Å². The smallest absolute Gasteiger partial charge is 0.282 e. The van der Waals surface area contributed by atoms with Crippen molar-refractivity contribution in [2.45, 2.75) is 19.5 Å². The standard InChI is InChI=1S/C19H22Cl2N2O3/c1-12(19(24)22-17-8-6-14(20)9-16(17)21)23(2)11-13-5-7-15(25-3)10-18(13)26-4/h5-10,12H,11H2,1-4H3,(H,22,24)/p+1/t12-/m1/s1. The van der Waals surface area contributed by atoms with Crippen LogP contribution in [0.15, 0.2) is 36.4 Å². The van der Waals surface area contributed by atoms with Gasteiger partial charge < -0.3 is 19.7 Å². The Hall–Kier alpha value is -1.95. The van der Waals surface area contributed by atoms with Gasteiger partial charge in [-0.15, -0.1) is 0 Å². The molecule has 1 amide bonds. The summed E-state index contributed by atoms with van der Waals surface area (Å²) < 4.78 is 10.6. The Morgan fingerprint density at radius 1 is 1.15 bits per heavy atom. The molecular weight excluding hydrogens is 375 g/mol. The Morgan fingerprint density at radius 3 is 2.50 bits per heavy atom. The Labute approximate surface area is 163 Å². The molecule has 0 aliphatic rings. The van der Waals surface area contributed by atoms with Crippen molar-refractivity contribution in [3.05, 3.63) is 52.0 Å². The summed E-state index contributed by atoms with van der Waals surface area (Å²) in [5.41, 5.74) is 1.54. The molecule has 0 saturated carbocycles.